The molecule has 0 aliphatic carbocycles. The summed E-state index contributed by atoms with van der Waals surface area (Å²) in [4.78, 5) is 12.1. The molecule has 0 saturated heterocycles. The van der Waals surface area contributed by atoms with Crippen LogP contribution in [0.5, 0.6) is 0 Å². The van der Waals surface area contributed by atoms with Gasteiger partial charge in [0.05, 0.1) is 6.54 Å². The first-order valence-electron chi connectivity index (χ1n) is 7.26. The topological polar surface area (TPSA) is 46.9 Å². The highest BCUT2D eigenvalue weighted by Crippen LogP contribution is 2.10. The molecule has 1 amide bonds. The molecule has 0 fully saturated rings. The molecule has 5 heteroatoms. The van der Waals surface area contributed by atoms with E-state index in [-0.39, 0.29) is 11.7 Å². The molecule has 0 aliphatic heterocycles. The molecule has 1 N–H and O–H groups in total. The van der Waals surface area contributed by atoms with Crippen molar-refractivity contribution in [3.05, 3.63) is 83.3 Å². The quantitative estimate of drug-likeness (QED) is 0.800. The Morgan fingerprint density at radius 2 is 1.96 bits per heavy atom. The van der Waals surface area contributed by atoms with Gasteiger partial charge in [-0.15, -0.1) is 0 Å². The normalized spacial score (nSPS) is 10.5. The van der Waals surface area contributed by atoms with E-state index in [1.165, 1.54) is 29.8 Å². The summed E-state index contributed by atoms with van der Waals surface area (Å²) in [6, 6.07) is 15.3. The molecule has 0 aliphatic rings. The summed E-state index contributed by atoms with van der Waals surface area (Å²) in [6.45, 7) is 2.68. The number of aromatic nitrogens is 2. The van der Waals surface area contributed by atoms with Crippen LogP contribution in [0.25, 0.3) is 0 Å². The van der Waals surface area contributed by atoms with E-state index in [0.29, 0.717) is 17.9 Å². The third-order valence-corrected chi connectivity index (χ3v) is 3.42. The van der Waals surface area contributed by atoms with Crippen LogP contribution in [0.2, 0.25) is 0 Å². The van der Waals surface area contributed by atoms with E-state index in [9.17, 15) is 9.18 Å². The van der Waals surface area contributed by atoms with E-state index < -0.39 is 0 Å². The van der Waals surface area contributed by atoms with Gasteiger partial charge >= 0.3 is 0 Å². The third kappa shape index (κ3) is 3.83. The molecule has 0 radical (unpaired) electrons. The SMILES string of the molecule is Cc1cccc(Cn2ccc(NC(=O)c3ccc(F)cc3)n2)c1. The third-order valence-electron chi connectivity index (χ3n) is 3.42. The number of benzene rings is 2. The Morgan fingerprint density at radius 3 is 2.70 bits per heavy atom. The first-order valence-corrected chi connectivity index (χ1v) is 7.26. The van der Waals surface area contributed by atoms with E-state index in [1.807, 2.05) is 31.3 Å². The van der Waals surface area contributed by atoms with E-state index in [0.717, 1.165) is 5.56 Å². The number of hydrogen-bond acceptors (Lipinski definition) is 2. The molecular formula is C18H16FN3O. The van der Waals surface area contributed by atoms with Gasteiger partial charge in [-0.05, 0) is 36.8 Å². The van der Waals surface area contributed by atoms with E-state index in [2.05, 4.69) is 16.5 Å². The number of rotatable bonds is 4. The lowest BCUT2D eigenvalue weighted by molar-refractivity contribution is 0.102. The second-order valence-electron chi connectivity index (χ2n) is 5.35. The zero-order valence-corrected chi connectivity index (χ0v) is 12.7. The zero-order chi connectivity index (χ0) is 16.2. The minimum absolute atomic E-state index is 0.314. The number of nitrogens with one attached hydrogen (secondary N) is 1. The van der Waals surface area contributed by atoms with Crippen molar-refractivity contribution >= 4 is 11.7 Å². The molecule has 3 rings (SSSR count). The summed E-state index contributed by atoms with van der Waals surface area (Å²) in [7, 11) is 0. The lowest BCUT2D eigenvalue weighted by atomic mass is 10.1. The number of halogens is 1. The van der Waals surface area contributed by atoms with Crippen molar-refractivity contribution in [1.29, 1.82) is 0 Å². The van der Waals surface area contributed by atoms with Crippen LogP contribution >= 0.6 is 0 Å². The van der Waals surface area contributed by atoms with Crippen LogP contribution in [0.3, 0.4) is 0 Å². The van der Waals surface area contributed by atoms with Gasteiger partial charge < -0.3 is 5.32 Å². The van der Waals surface area contributed by atoms with E-state index in [4.69, 9.17) is 0 Å². The monoisotopic (exact) mass is 309 g/mol. The van der Waals surface area contributed by atoms with Crippen LogP contribution in [-0.2, 0) is 6.54 Å². The minimum atomic E-state index is -0.371. The largest absolute Gasteiger partial charge is 0.305 e. The molecule has 4 nitrogen and oxygen atoms in total. The van der Waals surface area contributed by atoms with Crippen LogP contribution in [0.4, 0.5) is 10.2 Å². The van der Waals surface area contributed by atoms with Crippen molar-refractivity contribution in [3.63, 3.8) is 0 Å². The Kier molecular flexibility index (Phi) is 4.19. The highest BCUT2D eigenvalue weighted by atomic mass is 19.1. The second-order valence-corrected chi connectivity index (χ2v) is 5.35. The number of aryl methyl sites for hydroxylation is 1. The summed E-state index contributed by atoms with van der Waals surface area (Å²) in [5.74, 6) is -0.221. The highest BCUT2D eigenvalue weighted by Gasteiger charge is 2.08. The average Bonchev–Trinajstić information content (AvgIpc) is 2.95. The molecule has 0 unspecified atom stereocenters. The van der Waals surface area contributed by atoms with Gasteiger partial charge in [0.25, 0.3) is 5.91 Å². The zero-order valence-electron chi connectivity index (χ0n) is 12.7. The Hall–Kier alpha value is -2.95. The van der Waals surface area contributed by atoms with Crippen LogP contribution < -0.4 is 5.32 Å². The van der Waals surface area contributed by atoms with Crippen LogP contribution in [0.1, 0.15) is 21.5 Å². The lowest BCUT2D eigenvalue weighted by Crippen LogP contribution is -2.12. The molecule has 0 atom stereocenters. The van der Waals surface area contributed by atoms with Gasteiger partial charge in [0.1, 0.15) is 5.82 Å². The summed E-state index contributed by atoms with van der Waals surface area (Å²) in [5, 5.41) is 7.03. The molecule has 2 aromatic carbocycles. The van der Waals surface area contributed by atoms with Crippen molar-refractivity contribution in [2.45, 2.75) is 13.5 Å². The summed E-state index contributed by atoms with van der Waals surface area (Å²) in [6.07, 6.45) is 1.81. The van der Waals surface area contributed by atoms with Gasteiger partial charge in [0.2, 0.25) is 0 Å². The first kappa shape index (κ1) is 15.0. The summed E-state index contributed by atoms with van der Waals surface area (Å²) in [5.41, 5.74) is 2.73. The number of anilines is 1. The fraction of sp³-hybridized carbons (Fsp3) is 0.111. The molecule has 0 bridgehead atoms. The molecule has 116 valence electrons. The Bertz CT molecular complexity index is 824. The van der Waals surface area contributed by atoms with Crippen molar-refractivity contribution in [2.75, 3.05) is 5.32 Å². The number of carbonyl (C=O) groups is 1. The Labute approximate surface area is 133 Å². The maximum absolute atomic E-state index is 12.9. The van der Waals surface area contributed by atoms with Gasteiger partial charge in [-0.2, -0.15) is 5.10 Å². The predicted octanol–water partition coefficient (Wildman–Crippen LogP) is 3.63. The fourth-order valence-corrected chi connectivity index (χ4v) is 2.30. The molecular weight excluding hydrogens is 293 g/mol. The lowest BCUT2D eigenvalue weighted by Gasteiger charge is -2.04. The van der Waals surface area contributed by atoms with Crippen molar-refractivity contribution < 1.29 is 9.18 Å². The smallest absolute Gasteiger partial charge is 0.256 e. The maximum atomic E-state index is 12.9. The summed E-state index contributed by atoms with van der Waals surface area (Å²) >= 11 is 0. The van der Waals surface area contributed by atoms with Gasteiger partial charge in [-0.1, -0.05) is 29.8 Å². The molecule has 3 aromatic rings. The predicted molar refractivity (Wildman–Crippen MR) is 86.9 cm³/mol. The maximum Gasteiger partial charge on any atom is 0.256 e. The number of hydrogen-bond donors (Lipinski definition) is 1. The Balaban J connectivity index is 1.67. The van der Waals surface area contributed by atoms with Crippen molar-refractivity contribution in [3.8, 4) is 0 Å². The first-order chi connectivity index (χ1) is 11.1. The van der Waals surface area contributed by atoms with Crippen molar-refractivity contribution in [1.82, 2.24) is 9.78 Å². The van der Waals surface area contributed by atoms with Crippen molar-refractivity contribution in [2.24, 2.45) is 0 Å². The molecule has 1 aromatic heterocycles. The standard InChI is InChI=1S/C18H16FN3O/c1-13-3-2-4-14(11-13)12-22-10-9-17(21-22)20-18(23)15-5-7-16(19)8-6-15/h2-11H,12H2,1H3,(H,20,21,23). The molecule has 0 spiro atoms. The van der Waals surface area contributed by atoms with Crippen LogP contribution in [-0.4, -0.2) is 15.7 Å². The van der Waals surface area contributed by atoms with E-state index >= 15 is 0 Å². The fourth-order valence-electron chi connectivity index (χ4n) is 2.30. The van der Waals surface area contributed by atoms with Gasteiger partial charge in [0, 0.05) is 17.8 Å². The number of nitrogens with zero attached hydrogens (tertiary/aromatic N) is 2. The average molecular weight is 309 g/mol. The van der Waals surface area contributed by atoms with Gasteiger partial charge in [0.15, 0.2) is 5.82 Å². The van der Waals surface area contributed by atoms with Crippen LogP contribution in [0.15, 0.2) is 60.8 Å². The van der Waals surface area contributed by atoms with E-state index in [1.54, 1.807) is 10.7 Å². The molecule has 0 saturated carbocycles. The number of carbonyl (C=O) groups excluding carboxylic acids is 1. The Morgan fingerprint density at radius 1 is 1.17 bits per heavy atom. The minimum Gasteiger partial charge on any atom is -0.305 e. The molecule has 1 heterocycles. The van der Waals surface area contributed by atoms with Gasteiger partial charge in [-0.25, -0.2) is 4.39 Å². The van der Waals surface area contributed by atoms with Crippen LogP contribution in [0, 0.1) is 12.7 Å². The highest BCUT2D eigenvalue weighted by molar-refractivity contribution is 6.03. The number of amides is 1. The van der Waals surface area contributed by atoms with Gasteiger partial charge in [-0.3, -0.25) is 9.48 Å². The summed E-state index contributed by atoms with van der Waals surface area (Å²) < 4.78 is 14.6. The second kappa shape index (κ2) is 6.44. The molecule has 23 heavy (non-hydrogen) atoms.